The Labute approximate surface area is 305 Å². The maximum Gasteiger partial charge on any atom is 0.137 e. The van der Waals surface area contributed by atoms with E-state index in [1.54, 1.807) is 0 Å². The number of anilines is 3. The lowest BCUT2D eigenvalue weighted by Gasteiger charge is -2.27. The van der Waals surface area contributed by atoms with Crippen LogP contribution in [0.1, 0.15) is 0 Å². The molecule has 11 rings (SSSR count). The van der Waals surface area contributed by atoms with E-state index in [-0.39, 0.29) is 0 Å². The standard InChI is InChI=1S/C50H31NO2/c1-2-12-32(13-3-1)38-16-4-5-17-39(38)34-14-10-15-36(28-34)51(45-20-11-23-48-50(45)41-19-7-9-22-47(41)52-48)37-27-26-33-24-25-35-29-49-44(31-43(35)42(33)30-37)40-18-6-8-21-46(40)53-49/h1-31H. The Morgan fingerprint density at radius 2 is 0.925 bits per heavy atom. The quantitative estimate of drug-likeness (QED) is 0.170. The fraction of sp³-hybridized carbons (Fsp3) is 0. The molecule has 11 aromatic rings. The minimum Gasteiger partial charge on any atom is -0.456 e. The van der Waals surface area contributed by atoms with E-state index in [0.29, 0.717) is 0 Å². The number of furan rings is 2. The summed E-state index contributed by atoms with van der Waals surface area (Å²) in [7, 11) is 0. The lowest BCUT2D eigenvalue weighted by Crippen LogP contribution is -2.10. The van der Waals surface area contributed by atoms with Crippen molar-refractivity contribution in [3.05, 3.63) is 188 Å². The molecule has 0 aliphatic carbocycles. The summed E-state index contributed by atoms with van der Waals surface area (Å²) < 4.78 is 12.7. The summed E-state index contributed by atoms with van der Waals surface area (Å²) in [6.45, 7) is 0. The average molecular weight is 678 g/mol. The molecule has 0 saturated carbocycles. The zero-order valence-electron chi connectivity index (χ0n) is 28.7. The van der Waals surface area contributed by atoms with Crippen LogP contribution in [-0.4, -0.2) is 0 Å². The minimum absolute atomic E-state index is 0.861. The summed E-state index contributed by atoms with van der Waals surface area (Å²) >= 11 is 0. The first-order valence-electron chi connectivity index (χ1n) is 18.0. The summed E-state index contributed by atoms with van der Waals surface area (Å²) in [5, 5.41) is 9.15. The Morgan fingerprint density at radius 1 is 0.321 bits per heavy atom. The first kappa shape index (κ1) is 29.6. The van der Waals surface area contributed by atoms with Gasteiger partial charge in [0.1, 0.15) is 22.3 Å². The van der Waals surface area contributed by atoms with E-state index in [2.05, 4.69) is 169 Å². The van der Waals surface area contributed by atoms with Gasteiger partial charge in [-0.1, -0.05) is 127 Å². The molecule has 0 N–H and O–H groups in total. The molecule has 53 heavy (non-hydrogen) atoms. The first-order valence-corrected chi connectivity index (χ1v) is 18.0. The highest BCUT2D eigenvalue weighted by molar-refractivity contribution is 6.18. The third-order valence-electron chi connectivity index (χ3n) is 10.6. The summed E-state index contributed by atoms with van der Waals surface area (Å²) in [6, 6.07) is 66.9. The Bertz CT molecular complexity index is 3190. The second kappa shape index (κ2) is 11.7. The molecule has 0 bridgehead atoms. The van der Waals surface area contributed by atoms with Crippen LogP contribution in [-0.2, 0) is 0 Å². The van der Waals surface area contributed by atoms with Crippen LogP contribution in [0.25, 0.3) is 87.7 Å². The molecule has 3 heteroatoms. The molecule has 0 atom stereocenters. The van der Waals surface area contributed by atoms with Gasteiger partial charge in [0.15, 0.2) is 0 Å². The number of benzene rings is 9. The Balaban J connectivity index is 1.17. The maximum absolute atomic E-state index is 6.43. The van der Waals surface area contributed by atoms with Crippen molar-refractivity contribution in [2.75, 3.05) is 4.90 Å². The maximum atomic E-state index is 6.43. The first-order chi connectivity index (χ1) is 26.3. The summed E-state index contributed by atoms with van der Waals surface area (Å²) in [5.74, 6) is 0. The fourth-order valence-corrected chi connectivity index (χ4v) is 8.19. The number of nitrogens with zero attached hydrogens (tertiary/aromatic N) is 1. The Hall–Kier alpha value is -7.10. The summed E-state index contributed by atoms with van der Waals surface area (Å²) in [6.07, 6.45) is 0. The van der Waals surface area contributed by atoms with Gasteiger partial charge in [0.25, 0.3) is 0 Å². The van der Waals surface area contributed by atoms with Gasteiger partial charge in [-0.05, 0) is 104 Å². The van der Waals surface area contributed by atoms with E-state index in [0.717, 1.165) is 71.9 Å². The molecule has 0 unspecified atom stereocenters. The molecule has 9 aromatic carbocycles. The number of hydrogen-bond donors (Lipinski definition) is 0. The van der Waals surface area contributed by atoms with Crippen LogP contribution in [0.4, 0.5) is 17.1 Å². The predicted octanol–water partition coefficient (Wildman–Crippen LogP) is 14.6. The van der Waals surface area contributed by atoms with Crippen LogP contribution in [0, 0.1) is 0 Å². The lowest BCUT2D eigenvalue weighted by molar-refractivity contribution is 0.669. The molecule has 3 nitrogen and oxygen atoms in total. The third-order valence-corrected chi connectivity index (χ3v) is 10.6. The molecule has 248 valence electrons. The number of rotatable bonds is 5. The normalized spacial score (nSPS) is 11.8. The van der Waals surface area contributed by atoms with Crippen molar-refractivity contribution in [1.29, 1.82) is 0 Å². The average Bonchev–Trinajstić information content (AvgIpc) is 3.79. The molecule has 0 saturated heterocycles. The monoisotopic (exact) mass is 677 g/mol. The van der Waals surface area contributed by atoms with E-state index in [9.17, 15) is 0 Å². The number of para-hydroxylation sites is 2. The van der Waals surface area contributed by atoms with E-state index in [1.807, 2.05) is 24.3 Å². The van der Waals surface area contributed by atoms with E-state index >= 15 is 0 Å². The number of hydrogen-bond acceptors (Lipinski definition) is 3. The van der Waals surface area contributed by atoms with Crippen molar-refractivity contribution in [2.24, 2.45) is 0 Å². The van der Waals surface area contributed by atoms with Crippen LogP contribution in [0.15, 0.2) is 197 Å². The van der Waals surface area contributed by atoms with Crippen LogP contribution < -0.4 is 4.90 Å². The summed E-state index contributed by atoms with van der Waals surface area (Å²) in [5.41, 5.74) is 11.5. The van der Waals surface area contributed by atoms with Crippen molar-refractivity contribution in [3.63, 3.8) is 0 Å². The molecule has 0 aliphatic heterocycles. The lowest BCUT2D eigenvalue weighted by atomic mass is 9.94. The van der Waals surface area contributed by atoms with Crippen LogP contribution in [0.5, 0.6) is 0 Å². The topological polar surface area (TPSA) is 29.5 Å². The molecule has 0 amide bonds. The SMILES string of the molecule is c1ccc(-c2ccccc2-c2cccc(N(c3ccc4ccc5cc6oc7ccccc7c6cc5c4c3)c3cccc4oc5ccccc5c34)c2)cc1. The van der Waals surface area contributed by atoms with Gasteiger partial charge in [0, 0.05) is 27.5 Å². The highest BCUT2D eigenvalue weighted by atomic mass is 16.3. The van der Waals surface area contributed by atoms with Gasteiger partial charge >= 0.3 is 0 Å². The Morgan fingerprint density at radius 3 is 1.79 bits per heavy atom. The van der Waals surface area contributed by atoms with E-state index < -0.39 is 0 Å². The van der Waals surface area contributed by atoms with Crippen LogP contribution >= 0.6 is 0 Å². The molecular formula is C50H31NO2. The zero-order valence-corrected chi connectivity index (χ0v) is 28.7. The van der Waals surface area contributed by atoms with Crippen molar-refractivity contribution in [2.45, 2.75) is 0 Å². The molecule has 2 aromatic heterocycles. The smallest absolute Gasteiger partial charge is 0.137 e. The van der Waals surface area contributed by atoms with Crippen molar-refractivity contribution < 1.29 is 8.83 Å². The van der Waals surface area contributed by atoms with Gasteiger partial charge in [-0.25, -0.2) is 0 Å². The van der Waals surface area contributed by atoms with E-state index in [4.69, 9.17) is 8.83 Å². The second-order valence-electron chi connectivity index (χ2n) is 13.7. The van der Waals surface area contributed by atoms with Crippen molar-refractivity contribution >= 4 is 82.5 Å². The molecule has 0 radical (unpaired) electrons. The minimum atomic E-state index is 0.861. The molecule has 0 fully saturated rings. The fourth-order valence-electron chi connectivity index (χ4n) is 8.19. The molecule has 0 spiro atoms. The summed E-state index contributed by atoms with van der Waals surface area (Å²) in [4.78, 5) is 2.39. The van der Waals surface area contributed by atoms with Gasteiger partial charge in [-0.3, -0.25) is 0 Å². The van der Waals surface area contributed by atoms with Gasteiger partial charge in [0.2, 0.25) is 0 Å². The highest BCUT2D eigenvalue weighted by Crippen LogP contribution is 2.45. The van der Waals surface area contributed by atoms with Crippen molar-refractivity contribution in [3.8, 4) is 22.3 Å². The predicted molar refractivity (Wildman–Crippen MR) is 222 cm³/mol. The van der Waals surface area contributed by atoms with Gasteiger partial charge < -0.3 is 13.7 Å². The van der Waals surface area contributed by atoms with Gasteiger partial charge in [0.05, 0.1) is 11.1 Å². The van der Waals surface area contributed by atoms with Gasteiger partial charge in [-0.15, -0.1) is 0 Å². The van der Waals surface area contributed by atoms with Crippen molar-refractivity contribution in [1.82, 2.24) is 0 Å². The second-order valence-corrected chi connectivity index (χ2v) is 13.7. The zero-order chi connectivity index (χ0) is 34.9. The van der Waals surface area contributed by atoms with Crippen LogP contribution in [0.2, 0.25) is 0 Å². The van der Waals surface area contributed by atoms with Gasteiger partial charge in [-0.2, -0.15) is 0 Å². The largest absolute Gasteiger partial charge is 0.456 e. The van der Waals surface area contributed by atoms with Crippen LogP contribution in [0.3, 0.4) is 0 Å². The third kappa shape index (κ3) is 4.75. The molecule has 0 aliphatic rings. The van der Waals surface area contributed by atoms with E-state index in [1.165, 1.54) is 32.8 Å². The Kier molecular flexibility index (Phi) is 6.55. The molecular weight excluding hydrogens is 647 g/mol. The number of fused-ring (bicyclic) bond motifs is 9. The molecule has 2 heterocycles. The highest BCUT2D eigenvalue weighted by Gasteiger charge is 2.21.